The van der Waals surface area contributed by atoms with Crippen LogP contribution in [-0.2, 0) is 6.42 Å². The summed E-state index contributed by atoms with van der Waals surface area (Å²) in [6.07, 6.45) is 7.56. The summed E-state index contributed by atoms with van der Waals surface area (Å²) in [7, 11) is 0. The molecule has 1 aromatic rings. The molecule has 0 radical (unpaired) electrons. The minimum absolute atomic E-state index is 0.106. The number of fused-ring (bicyclic) bond motifs is 5. The molecule has 5 rings (SSSR count). The Morgan fingerprint density at radius 3 is 2.55 bits per heavy atom. The lowest BCUT2D eigenvalue weighted by atomic mass is 9.41. The molecule has 1 aromatic heterocycles. The van der Waals surface area contributed by atoms with Crippen molar-refractivity contribution in [3.8, 4) is 0 Å². The van der Waals surface area contributed by atoms with Gasteiger partial charge in [0.05, 0.1) is 18.3 Å². The number of aromatic amines is 1. The van der Waals surface area contributed by atoms with Gasteiger partial charge in [-0.05, 0) is 97.2 Å². The van der Waals surface area contributed by atoms with Crippen LogP contribution in [0.25, 0.3) is 0 Å². The maximum Gasteiger partial charge on any atom is 0.174 e. The van der Waals surface area contributed by atoms with Crippen LogP contribution in [0.3, 0.4) is 0 Å². The number of rotatable bonds is 5. The number of hydrogen-bond acceptors (Lipinski definition) is 6. The van der Waals surface area contributed by atoms with Gasteiger partial charge in [-0.15, -0.1) is 10.2 Å². The van der Waals surface area contributed by atoms with E-state index in [1.807, 2.05) is 0 Å². The first kappa shape index (κ1) is 23.7. The molecule has 4 N–H and O–H groups in total. The third-order valence-corrected chi connectivity index (χ3v) is 11.5. The Bertz CT molecular complexity index is 820. The van der Waals surface area contributed by atoms with Gasteiger partial charge in [-0.2, -0.15) is 5.21 Å². The maximum absolute atomic E-state index is 11.8. The van der Waals surface area contributed by atoms with Gasteiger partial charge in [-0.3, -0.25) is 0 Å². The average Bonchev–Trinajstić information content (AvgIpc) is 3.43. The second-order valence-electron chi connectivity index (χ2n) is 12.5. The van der Waals surface area contributed by atoms with Crippen molar-refractivity contribution in [1.29, 1.82) is 0 Å². The van der Waals surface area contributed by atoms with Crippen molar-refractivity contribution in [3.05, 3.63) is 5.82 Å². The van der Waals surface area contributed by atoms with Crippen molar-refractivity contribution in [1.82, 2.24) is 20.6 Å². The number of H-pyrrole nitrogens is 1. The lowest BCUT2D eigenvalue weighted by Crippen LogP contribution is -2.65. The molecule has 4 saturated carbocycles. The van der Waals surface area contributed by atoms with E-state index in [4.69, 9.17) is 0 Å². The third-order valence-electron chi connectivity index (χ3n) is 11.5. The van der Waals surface area contributed by atoms with Crippen LogP contribution < -0.4 is 0 Å². The molecule has 12 atom stereocenters. The van der Waals surface area contributed by atoms with E-state index < -0.39 is 0 Å². The number of tetrazole rings is 1. The Morgan fingerprint density at radius 1 is 1.06 bits per heavy atom. The zero-order chi connectivity index (χ0) is 23.5. The maximum atomic E-state index is 11.8. The highest BCUT2D eigenvalue weighted by Crippen LogP contribution is 2.69. The minimum Gasteiger partial charge on any atom is -0.393 e. The Hall–Kier alpha value is -1.05. The highest BCUT2D eigenvalue weighted by atomic mass is 16.3. The molecule has 186 valence electrons. The summed E-state index contributed by atoms with van der Waals surface area (Å²) >= 11 is 0. The quantitative estimate of drug-likeness (QED) is 0.536. The number of aryl methyl sites for hydroxylation is 1. The van der Waals surface area contributed by atoms with Crippen LogP contribution in [-0.4, -0.2) is 54.3 Å². The molecular weight excluding hydrogens is 416 g/mol. The Balaban J connectivity index is 1.42. The Labute approximate surface area is 198 Å². The van der Waals surface area contributed by atoms with Crippen LogP contribution in [0.2, 0.25) is 0 Å². The zero-order valence-electron chi connectivity index (χ0n) is 20.8. The molecule has 0 aliphatic heterocycles. The molecule has 4 aliphatic rings. The fourth-order valence-corrected chi connectivity index (χ4v) is 9.74. The van der Waals surface area contributed by atoms with Gasteiger partial charge in [0.2, 0.25) is 0 Å². The number of hydrogen-bond donors (Lipinski definition) is 4. The summed E-state index contributed by atoms with van der Waals surface area (Å²) in [6, 6.07) is 0. The summed E-state index contributed by atoms with van der Waals surface area (Å²) in [5, 5.41) is 48.5. The van der Waals surface area contributed by atoms with E-state index in [2.05, 4.69) is 48.3 Å². The van der Waals surface area contributed by atoms with Crippen molar-refractivity contribution in [2.45, 2.75) is 104 Å². The predicted octanol–water partition coefficient (Wildman–Crippen LogP) is 3.37. The molecule has 0 saturated heterocycles. The second-order valence-corrected chi connectivity index (χ2v) is 12.5. The van der Waals surface area contributed by atoms with E-state index in [-0.39, 0.29) is 41.0 Å². The van der Waals surface area contributed by atoms with Crippen molar-refractivity contribution >= 4 is 0 Å². The topological polar surface area (TPSA) is 115 Å². The van der Waals surface area contributed by atoms with E-state index in [1.54, 1.807) is 0 Å². The average molecular weight is 461 g/mol. The van der Waals surface area contributed by atoms with E-state index in [0.717, 1.165) is 63.6 Å². The van der Waals surface area contributed by atoms with Crippen LogP contribution >= 0.6 is 0 Å². The Morgan fingerprint density at radius 2 is 1.85 bits per heavy atom. The molecule has 4 unspecified atom stereocenters. The van der Waals surface area contributed by atoms with Crippen LogP contribution in [0.5, 0.6) is 0 Å². The highest BCUT2D eigenvalue weighted by molar-refractivity contribution is 5.15. The number of aliphatic hydroxyl groups excluding tert-OH is 3. The molecule has 33 heavy (non-hydrogen) atoms. The first-order valence-corrected chi connectivity index (χ1v) is 13.5. The molecular formula is C26H44N4O3. The summed E-state index contributed by atoms with van der Waals surface area (Å²) in [4.78, 5) is 0. The molecule has 4 fully saturated rings. The van der Waals surface area contributed by atoms with Crippen molar-refractivity contribution in [2.75, 3.05) is 0 Å². The molecule has 0 amide bonds. The van der Waals surface area contributed by atoms with Gasteiger partial charge in [0.15, 0.2) is 5.82 Å². The number of nitrogens with one attached hydrogen (secondary N) is 1. The number of aliphatic hydroxyl groups is 3. The SMILES string of the molecule is CC[C@H]1[C@@H](O)C2C3CCC([C@H](C)CCc4nn[nH]n4)[C@@]3(C)[C@@H](O)CC2[C@@]2(C)CC[C@@H](O)C[C@@H]12. The smallest absolute Gasteiger partial charge is 0.174 e. The lowest BCUT2D eigenvalue weighted by molar-refractivity contribution is -0.228. The summed E-state index contributed by atoms with van der Waals surface area (Å²) in [5.74, 6) is 3.22. The normalized spacial score (nSPS) is 50.3. The molecule has 0 aromatic carbocycles. The van der Waals surface area contributed by atoms with Gasteiger partial charge >= 0.3 is 0 Å². The van der Waals surface area contributed by atoms with Gasteiger partial charge in [-0.1, -0.05) is 39.3 Å². The highest BCUT2D eigenvalue weighted by Gasteiger charge is 2.67. The zero-order valence-corrected chi connectivity index (χ0v) is 20.8. The van der Waals surface area contributed by atoms with Gasteiger partial charge in [0.1, 0.15) is 0 Å². The number of aromatic nitrogens is 4. The fraction of sp³-hybridized carbons (Fsp3) is 0.962. The van der Waals surface area contributed by atoms with Crippen LogP contribution in [0.1, 0.15) is 84.9 Å². The first-order valence-electron chi connectivity index (χ1n) is 13.5. The monoisotopic (exact) mass is 460 g/mol. The minimum atomic E-state index is -0.335. The van der Waals surface area contributed by atoms with Gasteiger partial charge in [-0.25, -0.2) is 0 Å². The predicted molar refractivity (Wildman–Crippen MR) is 125 cm³/mol. The molecule has 0 spiro atoms. The van der Waals surface area contributed by atoms with E-state index >= 15 is 0 Å². The van der Waals surface area contributed by atoms with E-state index in [0.29, 0.717) is 29.6 Å². The van der Waals surface area contributed by atoms with Crippen LogP contribution in [0, 0.1) is 52.3 Å². The van der Waals surface area contributed by atoms with Gasteiger partial charge in [0, 0.05) is 6.42 Å². The fourth-order valence-electron chi connectivity index (χ4n) is 9.74. The largest absolute Gasteiger partial charge is 0.393 e. The molecule has 0 bridgehead atoms. The van der Waals surface area contributed by atoms with Crippen molar-refractivity contribution < 1.29 is 15.3 Å². The molecule has 7 nitrogen and oxygen atoms in total. The summed E-state index contributed by atoms with van der Waals surface area (Å²) in [6.45, 7) is 9.28. The molecule has 4 aliphatic carbocycles. The van der Waals surface area contributed by atoms with Crippen LogP contribution in [0.4, 0.5) is 0 Å². The lowest BCUT2D eigenvalue weighted by Gasteiger charge is -2.65. The van der Waals surface area contributed by atoms with E-state index in [9.17, 15) is 15.3 Å². The third kappa shape index (κ3) is 3.51. The molecule has 1 heterocycles. The first-order chi connectivity index (χ1) is 15.7. The number of nitrogens with zero attached hydrogens (tertiary/aromatic N) is 3. The van der Waals surface area contributed by atoms with E-state index in [1.165, 1.54) is 0 Å². The van der Waals surface area contributed by atoms with Crippen LogP contribution in [0.15, 0.2) is 0 Å². The van der Waals surface area contributed by atoms with Crippen molar-refractivity contribution in [2.24, 2.45) is 52.3 Å². The standard InChI is InChI=1S/C26H44N4O3/c1-5-16-19-12-15(31)10-11-25(19,3)20-13-21(32)26(4)17(7-8-18(26)23(20)24(16)33)14(2)6-9-22-27-29-30-28-22/h14-21,23-24,31-33H,5-13H2,1-4H3,(H,27,28,29,30)/t14-,15-,16-,17?,18?,19+,20?,21+,23?,24-,25+,26-/m1/s1. The second kappa shape index (κ2) is 8.56. The summed E-state index contributed by atoms with van der Waals surface area (Å²) < 4.78 is 0. The van der Waals surface area contributed by atoms with Gasteiger partial charge in [0.25, 0.3) is 0 Å². The van der Waals surface area contributed by atoms with Gasteiger partial charge < -0.3 is 15.3 Å². The van der Waals surface area contributed by atoms with Crippen molar-refractivity contribution in [3.63, 3.8) is 0 Å². The molecule has 7 heteroatoms. The summed E-state index contributed by atoms with van der Waals surface area (Å²) in [5.41, 5.74) is -0.0527. The Kier molecular flexibility index (Phi) is 6.14.